The van der Waals surface area contributed by atoms with E-state index in [-0.39, 0.29) is 17.4 Å². The fourth-order valence-electron chi connectivity index (χ4n) is 2.31. The Balaban J connectivity index is 1.90. The van der Waals surface area contributed by atoms with Crippen molar-refractivity contribution in [1.82, 2.24) is 9.36 Å². The molecule has 0 unspecified atom stereocenters. The summed E-state index contributed by atoms with van der Waals surface area (Å²) in [5.74, 6) is 1.08. The van der Waals surface area contributed by atoms with Crippen LogP contribution in [0.25, 0.3) is 0 Å². The van der Waals surface area contributed by atoms with Crippen molar-refractivity contribution < 1.29 is 4.79 Å². The van der Waals surface area contributed by atoms with Crippen LogP contribution in [0.5, 0.6) is 0 Å². The van der Waals surface area contributed by atoms with Gasteiger partial charge in [-0.3, -0.25) is 4.79 Å². The number of nitrogens with one attached hydrogen (secondary N) is 1. The maximum atomic E-state index is 11.9. The summed E-state index contributed by atoms with van der Waals surface area (Å²) in [6, 6.07) is 0.172. The molecule has 1 amide bonds. The molecule has 2 rings (SSSR count). The molecule has 0 aliphatic heterocycles. The van der Waals surface area contributed by atoms with Crippen molar-refractivity contribution in [2.45, 2.75) is 57.9 Å². The van der Waals surface area contributed by atoms with Crippen LogP contribution in [0.3, 0.4) is 0 Å². The van der Waals surface area contributed by atoms with E-state index in [4.69, 9.17) is 5.73 Å². The van der Waals surface area contributed by atoms with Crippen LogP contribution < -0.4 is 11.1 Å². The van der Waals surface area contributed by atoms with Gasteiger partial charge in [-0.1, -0.05) is 27.2 Å². The van der Waals surface area contributed by atoms with Crippen LogP contribution in [0.15, 0.2) is 0 Å². The number of aromatic nitrogens is 2. The highest BCUT2D eigenvalue weighted by Crippen LogP contribution is 2.28. The number of carbonyl (C=O) groups excluding carboxylic acids is 1. The molecule has 2 atom stereocenters. The first kappa shape index (κ1) is 14.4. The number of nitrogens with two attached hydrogens (primary N) is 1. The van der Waals surface area contributed by atoms with Crippen molar-refractivity contribution in [2.24, 2.45) is 11.7 Å². The van der Waals surface area contributed by atoms with Gasteiger partial charge >= 0.3 is 0 Å². The number of hydrogen-bond acceptors (Lipinski definition) is 5. The lowest BCUT2D eigenvalue weighted by Gasteiger charge is -2.14. The van der Waals surface area contributed by atoms with Gasteiger partial charge in [-0.2, -0.15) is 4.37 Å². The number of carbonyl (C=O) groups is 1. The Morgan fingerprint density at radius 3 is 2.74 bits per heavy atom. The van der Waals surface area contributed by atoms with Gasteiger partial charge in [0, 0.05) is 29.4 Å². The molecule has 1 aromatic rings. The Bertz CT molecular complexity index is 452. The van der Waals surface area contributed by atoms with Gasteiger partial charge in [0.1, 0.15) is 5.82 Å². The van der Waals surface area contributed by atoms with Gasteiger partial charge in [0.2, 0.25) is 11.0 Å². The largest absolute Gasteiger partial charge is 0.327 e. The summed E-state index contributed by atoms with van der Waals surface area (Å²) in [6.45, 7) is 6.16. The molecular weight excluding hydrogens is 260 g/mol. The van der Waals surface area contributed by atoms with E-state index in [1.54, 1.807) is 0 Å². The van der Waals surface area contributed by atoms with Gasteiger partial charge in [-0.25, -0.2) is 4.98 Å². The second-order valence-corrected chi connectivity index (χ2v) is 7.03. The molecule has 1 aliphatic carbocycles. The number of hydrogen-bond donors (Lipinski definition) is 2. The zero-order valence-electron chi connectivity index (χ0n) is 11.8. The molecule has 106 valence electrons. The molecule has 6 heteroatoms. The molecule has 0 bridgehead atoms. The third kappa shape index (κ3) is 3.73. The number of amides is 1. The summed E-state index contributed by atoms with van der Waals surface area (Å²) in [5.41, 5.74) is 5.89. The Labute approximate surface area is 118 Å². The van der Waals surface area contributed by atoms with E-state index in [1.807, 2.05) is 0 Å². The van der Waals surface area contributed by atoms with Gasteiger partial charge in [-0.05, 0) is 18.8 Å². The van der Waals surface area contributed by atoms with Crippen LogP contribution in [0.1, 0.15) is 52.3 Å². The lowest BCUT2D eigenvalue weighted by Crippen LogP contribution is -2.28. The molecule has 1 aliphatic rings. The molecule has 1 saturated carbocycles. The first-order valence-electron chi connectivity index (χ1n) is 6.76. The standard InChI is InChI=1S/C13H22N4OS/c1-13(2,3)11-16-12(19-17-11)15-10(18)7-8-5-4-6-9(8)14/h8-9H,4-7,14H2,1-3H3,(H,15,16,17,18)/t8-,9+/m0/s1. The minimum Gasteiger partial charge on any atom is -0.327 e. The lowest BCUT2D eigenvalue weighted by atomic mass is 9.96. The number of anilines is 1. The minimum atomic E-state index is -0.0900. The van der Waals surface area contributed by atoms with E-state index >= 15 is 0 Å². The van der Waals surface area contributed by atoms with E-state index in [0.29, 0.717) is 17.5 Å². The van der Waals surface area contributed by atoms with E-state index in [2.05, 4.69) is 35.4 Å². The number of nitrogens with zero attached hydrogens (tertiary/aromatic N) is 2. The Hall–Kier alpha value is -1.01. The average Bonchev–Trinajstić information content (AvgIpc) is 2.88. The van der Waals surface area contributed by atoms with E-state index in [0.717, 1.165) is 25.1 Å². The van der Waals surface area contributed by atoms with Crippen molar-refractivity contribution in [3.05, 3.63) is 5.82 Å². The summed E-state index contributed by atoms with van der Waals surface area (Å²) in [7, 11) is 0. The third-order valence-electron chi connectivity index (χ3n) is 3.51. The fourth-order valence-corrected chi connectivity index (χ4v) is 3.08. The topological polar surface area (TPSA) is 80.9 Å². The molecule has 0 radical (unpaired) electrons. The summed E-state index contributed by atoms with van der Waals surface area (Å²) >= 11 is 1.24. The predicted molar refractivity (Wildman–Crippen MR) is 77.2 cm³/mol. The van der Waals surface area contributed by atoms with Crippen molar-refractivity contribution in [3.63, 3.8) is 0 Å². The van der Waals surface area contributed by atoms with E-state index in [1.165, 1.54) is 11.5 Å². The van der Waals surface area contributed by atoms with E-state index < -0.39 is 0 Å². The second-order valence-electron chi connectivity index (χ2n) is 6.28. The van der Waals surface area contributed by atoms with Gasteiger partial charge in [-0.15, -0.1) is 0 Å². The quantitative estimate of drug-likeness (QED) is 0.891. The molecule has 5 nitrogen and oxygen atoms in total. The normalized spacial score (nSPS) is 23.6. The molecule has 19 heavy (non-hydrogen) atoms. The predicted octanol–water partition coefficient (Wildman–Crippen LogP) is 2.29. The highest BCUT2D eigenvalue weighted by molar-refractivity contribution is 7.09. The number of rotatable bonds is 3. The smallest absolute Gasteiger partial charge is 0.226 e. The molecule has 3 N–H and O–H groups in total. The Kier molecular flexibility index (Phi) is 4.20. The first-order valence-corrected chi connectivity index (χ1v) is 7.53. The Morgan fingerprint density at radius 1 is 1.47 bits per heavy atom. The van der Waals surface area contributed by atoms with Gasteiger partial charge in [0.25, 0.3) is 0 Å². The van der Waals surface area contributed by atoms with E-state index in [9.17, 15) is 4.79 Å². The monoisotopic (exact) mass is 282 g/mol. The Morgan fingerprint density at radius 2 is 2.21 bits per heavy atom. The maximum Gasteiger partial charge on any atom is 0.226 e. The lowest BCUT2D eigenvalue weighted by molar-refractivity contribution is -0.117. The van der Waals surface area contributed by atoms with Crippen LogP contribution in [0.4, 0.5) is 5.13 Å². The highest BCUT2D eigenvalue weighted by atomic mass is 32.1. The maximum absolute atomic E-state index is 11.9. The first-order chi connectivity index (χ1) is 8.86. The highest BCUT2D eigenvalue weighted by Gasteiger charge is 2.26. The molecule has 1 fully saturated rings. The third-order valence-corrected chi connectivity index (χ3v) is 4.14. The van der Waals surface area contributed by atoms with Crippen LogP contribution >= 0.6 is 11.5 Å². The fraction of sp³-hybridized carbons (Fsp3) is 0.769. The summed E-state index contributed by atoms with van der Waals surface area (Å²) in [6.07, 6.45) is 3.71. The molecule has 1 aromatic heterocycles. The van der Waals surface area contributed by atoms with Crippen molar-refractivity contribution in [3.8, 4) is 0 Å². The minimum absolute atomic E-state index is 0.000964. The van der Waals surface area contributed by atoms with Crippen LogP contribution in [-0.4, -0.2) is 21.3 Å². The summed E-state index contributed by atoms with van der Waals surface area (Å²) < 4.78 is 4.28. The van der Waals surface area contributed by atoms with Crippen molar-refractivity contribution >= 4 is 22.6 Å². The van der Waals surface area contributed by atoms with Gasteiger partial charge < -0.3 is 11.1 Å². The van der Waals surface area contributed by atoms with Crippen LogP contribution in [0.2, 0.25) is 0 Å². The molecule has 0 saturated heterocycles. The summed E-state index contributed by atoms with van der Waals surface area (Å²) in [5, 5.41) is 3.42. The SMILES string of the molecule is CC(C)(C)c1nsc(NC(=O)C[C@@H]2CCC[C@H]2N)n1. The molecule has 0 aromatic carbocycles. The van der Waals surface area contributed by atoms with Crippen LogP contribution in [0, 0.1) is 5.92 Å². The summed E-state index contributed by atoms with van der Waals surface area (Å²) in [4.78, 5) is 16.3. The molecule has 0 spiro atoms. The molecule has 1 heterocycles. The molecular formula is C13H22N4OS. The van der Waals surface area contributed by atoms with Gasteiger partial charge in [0.05, 0.1) is 0 Å². The zero-order valence-corrected chi connectivity index (χ0v) is 12.6. The van der Waals surface area contributed by atoms with Gasteiger partial charge in [0.15, 0.2) is 0 Å². The van der Waals surface area contributed by atoms with Crippen LogP contribution in [-0.2, 0) is 10.2 Å². The van der Waals surface area contributed by atoms with Crippen molar-refractivity contribution in [2.75, 3.05) is 5.32 Å². The second kappa shape index (κ2) is 5.54. The zero-order chi connectivity index (χ0) is 14.0. The average molecular weight is 282 g/mol. The van der Waals surface area contributed by atoms with Crippen molar-refractivity contribution in [1.29, 1.82) is 0 Å².